The lowest BCUT2D eigenvalue weighted by molar-refractivity contribution is 0.136. The number of aromatic hydroxyl groups is 1. The molecule has 0 amide bonds. The third-order valence-corrected chi connectivity index (χ3v) is 2.64. The minimum Gasteiger partial charge on any atom is -0.508 e. The average molecular weight is 194 g/mol. The smallest absolute Gasteiger partial charge is 0.115 e. The minimum atomic E-state index is -0.287. The van der Waals surface area contributed by atoms with Gasteiger partial charge in [-0.2, -0.15) is 0 Å². The summed E-state index contributed by atoms with van der Waals surface area (Å²) in [6, 6.07) is 7.09. The molecule has 14 heavy (non-hydrogen) atoms. The van der Waals surface area contributed by atoms with E-state index in [2.05, 4.69) is 6.92 Å². The van der Waals surface area contributed by atoms with E-state index in [0.29, 0.717) is 0 Å². The molecule has 78 valence electrons. The molecule has 0 aliphatic heterocycles. The first-order chi connectivity index (χ1) is 6.69. The summed E-state index contributed by atoms with van der Waals surface area (Å²) in [5.41, 5.74) is 1.10. The number of phenolic OH excluding ortho intramolecular Hbond substituents is 1. The summed E-state index contributed by atoms with van der Waals surface area (Å²) in [6.45, 7) is 4.05. The van der Waals surface area contributed by atoms with Crippen LogP contribution in [0.2, 0.25) is 0 Å². The molecule has 2 N–H and O–H groups in total. The summed E-state index contributed by atoms with van der Waals surface area (Å²) in [6.07, 6.45) is 1.39. The lowest BCUT2D eigenvalue weighted by Crippen LogP contribution is -2.16. The number of phenols is 1. The lowest BCUT2D eigenvalue weighted by Gasteiger charge is -2.20. The Labute approximate surface area is 85.2 Å². The first-order valence-corrected chi connectivity index (χ1v) is 5.16. The van der Waals surface area contributed by atoms with E-state index in [1.165, 1.54) is 0 Å². The molecule has 0 bridgehead atoms. The highest BCUT2D eigenvalue weighted by molar-refractivity contribution is 5.28. The van der Waals surface area contributed by atoms with Crippen molar-refractivity contribution >= 4 is 0 Å². The van der Waals surface area contributed by atoms with Crippen LogP contribution in [0.15, 0.2) is 24.3 Å². The molecule has 0 aliphatic carbocycles. The van der Waals surface area contributed by atoms with Gasteiger partial charge in [-0.25, -0.2) is 0 Å². The normalized spacial score (nSPS) is 15.1. The van der Waals surface area contributed by atoms with Crippen LogP contribution in [0.1, 0.15) is 38.2 Å². The molecule has 0 saturated carbocycles. The molecule has 1 aromatic rings. The molecule has 0 heterocycles. The van der Waals surface area contributed by atoms with Gasteiger partial charge in [0, 0.05) is 5.92 Å². The molecule has 0 saturated heterocycles. The fourth-order valence-electron chi connectivity index (χ4n) is 1.74. The fraction of sp³-hybridized carbons (Fsp3) is 0.500. The van der Waals surface area contributed by atoms with Crippen LogP contribution in [-0.2, 0) is 0 Å². The molecule has 0 aromatic heterocycles. The zero-order valence-electron chi connectivity index (χ0n) is 8.77. The van der Waals surface area contributed by atoms with E-state index in [1.807, 2.05) is 19.1 Å². The van der Waals surface area contributed by atoms with Crippen molar-refractivity contribution in [3.05, 3.63) is 29.8 Å². The second-order valence-corrected chi connectivity index (χ2v) is 3.58. The van der Waals surface area contributed by atoms with Crippen molar-refractivity contribution in [1.82, 2.24) is 0 Å². The summed E-state index contributed by atoms with van der Waals surface area (Å²) < 4.78 is 0. The molecule has 0 aliphatic rings. The van der Waals surface area contributed by atoms with Gasteiger partial charge in [0.05, 0.1) is 6.10 Å². The Balaban J connectivity index is 2.84. The van der Waals surface area contributed by atoms with E-state index in [0.717, 1.165) is 18.4 Å². The Morgan fingerprint density at radius 1 is 1.07 bits per heavy atom. The van der Waals surface area contributed by atoms with Gasteiger partial charge in [0.25, 0.3) is 0 Å². The Kier molecular flexibility index (Phi) is 3.96. The molecule has 1 unspecified atom stereocenters. The zero-order chi connectivity index (χ0) is 10.6. The van der Waals surface area contributed by atoms with Crippen LogP contribution < -0.4 is 0 Å². The topological polar surface area (TPSA) is 40.5 Å². The van der Waals surface area contributed by atoms with E-state index in [-0.39, 0.29) is 17.8 Å². The van der Waals surface area contributed by atoms with Gasteiger partial charge < -0.3 is 10.2 Å². The molecule has 0 spiro atoms. The highest BCUT2D eigenvalue weighted by atomic mass is 16.3. The molecule has 1 aromatic carbocycles. The van der Waals surface area contributed by atoms with Crippen LogP contribution in [0.5, 0.6) is 5.75 Å². The number of benzene rings is 1. The summed E-state index contributed by atoms with van der Waals surface area (Å²) in [5, 5.41) is 18.9. The Hall–Kier alpha value is -1.02. The van der Waals surface area contributed by atoms with Gasteiger partial charge >= 0.3 is 0 Å². The molecule has 2 heteroatoms. The van der Waals surface area contributed by atoms with Crippen molar-refractivity contribution in [1.29, 1.82) is 0 Å². The summed E-state index contributed by atoms with van der Waals surface area (Å²) in [5.74, 6) is 0.454. The zero-order valence-corrected chi connectivity index (χ0v) is 8.77. The molecule has 0 radical (unpaired) electrons. The second-order valence-electron chi connectivity index (χ2n) is 3.58. The molecule has 2 atom stereocenters. The molecular formula is C12H18O2. The number of hydrogen-bond acceptors (Lipinski definition) is 2. The van der Waals surface area contributed by atoms with Gasteiger partial charge in [0.15, 0.2) is 0 Å². The van der Waals surface area contributed by atoms with E-state index < -0.39 is 0 Å². The Morgan fingerprint density at radius 3 is 2.07 bits per heavy atom. The number of aliphatic hydroxyl groups excluding tert-OH is 1. The molecule has 0 fully saturated rings. The highest BCUT2D eigenvalue weighted by Gasteiger charge is 2.17. The van der Waals surface area contributed by atoms with Crippen LogP contribution in [-0.4, -0.2) is 16.3 Å². The first-order valence-electron chi connectivity index (χ1n) is 5.16. The predicted octanol–water partition coefficient (Wildman–Crippen LogP) is 2.66. The van der Waals surface area contributed by atoms with Crippen LogP contribution in [0, 0.1) is 0 Å². The van der Waals surface area contributed by atoms with Crippen molar-refractivity contribution in [2.24, 2.45) is 0 Å². The van der Waals surface area contributed by atoms with Gasteiger partial charge in [-0.15, -0.1) is 0 Å². The van der Waals surface area contributed by atoms with Gasteiger partial charge in [0.2, 0.25) is 0 Å². The van der Waals surface area contributed by atoms with Gasteiger partial charge in [-0.1, -0.05) is 26.0 Å². The lowest BCUT2D eigenvalue weighted by atomic mass is 9.90. The third-order valence-electron chi connectivity index (χ3n) is 2.64. The summed E-state index contributed by atoms with van der Waals surface area (Å²) >= 11 is 0. The largest absolute Gasteiger partial charge is 0.508 e. The van der Waals surface area contributed by atoms with E-state index in [9.17, 15) is 5.11 Å². The van der Waals surface area contributed by atoms with Crippen molar-refractivity contribution in [2.45, 2.75) is 38.7 Å². The highest BCUT2D eigenvalue weighted by Crippen LogP contribution is 2.26. The van der Waals surface area contributed by atoms with Crippen LogP contribution in [0.4, 0.5) is 0 Å². The minimum absolute atomic E-state index is 0.181. The van der Waals surface area contributed by atoms with E-state index in [1.54, 1.807) is 12.1 Å². The second kappa shape index (κ2) is 5.01. The molecule has 1 rings (SSSR count). The maximum atomic E-state index is 9.78. The quantitative estimate of drug-likeness (QED) is 0.773. The average Bonchev–Trinajstić information content (AvgIpc) is 2.21. The summed E-state index contributed by atoms with van der Waals surface area (Å²) in [7, 11) is 0. The molecular weight excluding hydrogens is 176 g/mol. The summed E-state index contributed by atoms with van der Waals surface area (Å²) in [4.78, 5) is 0. The third kappa shape index (κ3) is 2.48. The van der Waals surface area contributed by atoms with Crippen molar-refractivity contribution in [2.75, 3.05) is 0 Å². The maximum Gasteiger partial charge on any atom is 0.115 e. The van der Waals surface area contributed by atoms with Crippen LogP contribution in [0.25, 0.3) is 0 Å². The fourth-order valence-corrected chi connectivity index (χ4v) is 1.74. The van der Waals surface area contributed by atoms with Crippen LogP contribution >= 0.6 is 0 Å². The van der Waals surface area contributed by atoms with Gasteiger partial charge in [-0.05, 0) is 30.5 Å². The SMILES string of the molecule is CCC(O)[C@H](CC)c1ccc(O)cc1. The van der Waals surface area contributed by atoms with Gasteiger partial charge in [0.1, 0.15) is 5.75 Å². The van der Waals surface area contributed by atoms with Crippen molar-refractivity contribution in [3.8, 4) is 5.75 Å². The standard InChI is InChI=1S/C12H18O2/c1-3-11(12(14)4-2)9-5-7-10(13)8-6-9/h5-8,11-14H,3-4H2,1-2H3/t11-,12?/m1/s1. The molecule has 2 nitrogen and oxygen atoms in total. The number of rotatable bonds is 4. The monoisotopic (exact) mass is 194 g/mol. The number of aliphatic hydroxyl groups is 1. The van der Waals surface area contributed by atoms with Crippen molar-refractivity contribution in [3.63, 3.8) is 0 Å². The maximum absolute atomic E-state index is 9.78. The first kappa shape index (κ1) is 11.1. The van der Waals surface area contributed by atoms with Crippen molar-refractivity contribution < 1.29 is 10.2 Å². The van der Waals surface area contributed by atoms with Crippen LogP contribution in [0.3, 0.4) is 0 Å². The Morgan fingerprint density at radius 2 is 1.64 bits per heavy atom. The van der Waals surface area contributed by atoms with E-state index >= 15 is 0 Å². The van der Waals surface area contributed by atoms with Gasteiger partial charge in [-0.3, -0.25) is 0 Å². The Bertz CT molecular complexity index is 266. The van der Waals surface area contributed by atoms with E-state index in [4.69, 9.17) is 5.11 Å². The number of hydrogen-bond donors (Lipinski definition) is 2. The predicted molar refractivity (Wildman–Crippen MR) is 57.4 cm³/mol.